The van der Waals surface area contributed by atoms with Gasteiger partial charge in [-0.25, -0.2) is 0 Å². The fraction of sp³-hybridized carbons (Fsp3) is 1.00. The molecule has 2 N–H and O–H groups in total. The number of piperidine rings is 1. The summed E-state index contributed by atoms with van der Waals surface area (Å²) in [6.45, 7) is 3.74. The topological polar surface area (TPSA) is 24.1 Å². The van der Waals surface area contributed by atoms with Gasteiger partial charge in [-0.1, -0.05) is 6.42 Å². The van der Waals surface area contributed by atoms with Crippen LogP contribution in [0.5, 0.6) is 0 Å². The highest BCUT2D eigenvalue weighted by Gasteiger charge is 2.40. The zero-order valence-electron chi connectivity index (χ0n) is 10.4. The van der Waals surface area contributed by atoms with Gasteiger partial charge in [0, 0.05) is 12.6 Å². The maximum Gasteiger partial charge on any atom is 0.0192 e. The largest absolute Gasteiger partial charge is 0.315 e. The molecule has 1 heterocycles. The first-order chi connectivity index (χ1) is 7.93. The van der Waals surface area contributed by atoms with E-state index >= 15 is 0 Å². The zero-order valence-corrected chi connectivity index (χ0v) is 10.4. The first-order valence-corrected chi connectivity index (χ1v) is 7.37. The number of hydrogen-bond acceptors (Lipinski definition) is 2. The van der Waals surface area contributed by atoms with E-state index in [9.17, 15) is 0 Å². The highest BCUT2D eigenvalue weighted by Crippen LogP contribution is 2.48. The molecule has 0 aromatic carbocycles. The monoisotopic (exact) mass is 222 g/mol. The molecule has 2 heteroatoms. The summed E-state index contributed by atoms with van der Waals surface area (Å²) in [5.41, 5.74) is 0. The summed E-state index contributed by atoms with van der Waals surface area (Å²) in [5.74, 6) is 3.22. The Balaban J connectivity index is 1.34. The molecule has 0 spiro atoms. The molecule has 1 saturated heterocycles. The highest BCUT2D eigenvalue weighted by molar-refractivity contribution is 4.92. The van der Waals surface area contributed by atoms with Crippen LogP contribution >= 0.6 is 0 Å². The van der Waals surface area contributed by atoms with Gasteiger partial charge in [0.1, 0.15) is 0 Å². The Kier molecular flexibility index (Phi) is 3.49. The van der Waals surface area contributed by atoms with E-state index in [1.54, 1.807) is 0 Å². The SMILES string of the molecule is C1CCC(CNCC(C2CC2)C2CC2)NC1. The Morgan fingerprint density at radius 1 is 1.00 bits per heavy atom. The van der Waals surface area contributed by atoms with Crippen molar-refractivity contribution in [2.75, 3.05) is 19.6 Å². The number of rotatable bonds is 6. The lowest BCUT2D eigenvalue weighted by atomic mass is 9.97. The maximum atomic E-state index is 3.74. The minimum Gasteiger partial charge on any atom is -0.315 e. The third kappa shape index (κ3) is 2.98. The van der Waals surface area contributed by atoms with Gasteiger partial charge in [0.2, 0.25) is 0 Å². The number of hydrogen-bond donors (Lipinski definition) is 2. The molecule has 0 aromatic heterocycles. The predicted molar refractivity (Wildman–Crippen MR) is 67.4 cm³/mol. The van der Waals surface area contributed by atoms with Gasteiger partial charge < -0.3 is 10.6 Å². The van der Waals surface area contributed by atoms with Gasteiger partial charge in [-0.3, -0.25) is 0 Å². The number of nitrogens with one attached hydrogen (secondary N) is 2. The summed E-state index contributed by atoms with van der Waals surface area (Å²) >= 11 is 0. The Hall–Kier alpha value is -0.0800. The van der Waals surface area contributed by atoms with Crippen LogP contribution in [0.4, 0.5) is 0 Å². The summed E-state index contributed by atoms with van der Waals surface area (Å²) in [6, 6.07) is 0.757. The van der Waals surface area contributed by atoms with Crippen molar-refractivity contribution in [2.45, 2.75) is 51.0 Å². The molecule has 3 fully saturated rings. The third-order valence-corrected chi connectivity index (χ3v) is 4.64. The minimum absolute atomic E-state index is 0.757. The molecular weight excluding hydrogens is 196 g/mol. The standard InChI is InChI=1S/C14H26N2/c1-2-8-16-13(3-1)9-15-10-14(11-4-5-11)12-6-7-12/h11-16H,1-10H2. The quantitative estimate of drug-likeness (QED) is 0.719. The van der Waals surface area contributed by atoms with E-state index in [0.717, 1.165) is 23.8 Å². The molecule has 92 valence electrons. The molecule has 0 amide bonds. The van der Waals surface area contributed by atoms with E-state index < -0.39 is 0 Å². The lowest BCUT2D eigenvalue weighted by molar-refractivity contribution is 0.341. The average molecular weight is 222 g/mol. The maximum absolute atomic E-state index is 3.74. The van der Waals surface area contributed by atoms with E-state index in [0.29, 0.717) is 0 Å². The smallest absolute Gasteiger partial charge is 0.0192 e. The predicted octanol–water partition coefficient (Wildman–Crippen LogP) is 2.15. The zero-order chi connectivity index (χ0) is 10.8. The van der Waals surface area contributed by atoms with Crippen molar-refractivity contribution in [3.8, 4) is 0 Å². The van der Waals surface area contributed by atoms with E-state index in [1.807, 2.05) is 0 Å². The lowest BCUT2D eigenvalue weighted by Gasteiger charge is -2.25. The first-order valence-electron chi connectivity index (χ1n) is 7.37. The van der Waals surface area contributed by atoms with Gasteiger partial charge in [0.05, 0.1) is 0 Å². The molecule has 0 bridgehead atoms. The van der Waals surface area contributed by atoms with Gasteiger partial charge >= 0.3 is 0 Å². The van der Waals surface area contributed by atoms with Gasteiger partial charge in [0.15, 0.2) is 0 Å². The molecule has 2 aliphatic carbocycles. The summed E-state index contributed by atoms with van der Waals surface area (Å²) in [5, 5.41) is 7.36. The van der Waals surface area contributed by atoms with Crippen LogP contribution in [0.25, 0.3) is 0 Å². The van der Waals surface area contributed by atoms with Gasteiger partial charge in [-0.05, 0) is 69.4 Å². The van der Waals surface area contributed by atoms with Crippen LogP contribution in [0.2, 0.25) is 0 Å². The normalized spacial score (nSPS) is 30.9. The van der Waals surface area contributed by atoms with Crippen molar-refractivity contribution in [3.05, 3.63) is 0 Å². The van der Waals surface area contributed by atoms with Crippen molar-refractivity contribution in [1.82, 2.24) is 10.6 Å². The Morgan fingerprint density at radius 2 is 1.75 bits per heavy atom. The molecule has 0 aromatic rings. The molecule has 2 nitrogen and oxygen atoms in total. The molecule has 1 unspecified atom stereocenters. The van der Waals surface area contributed by atoms with Crippen LogP contribution < -0.4 is 10.6 Å². The van der Waals surface area contributed by atoms with Crippen LogP contribution in [0.15, 0.2) is 0 Å². The second kappa shape index (κ2) is 5.05. The lowest BCUT2D eigenvalue weighted by Crippen LogP contribution is -2.43. The molecule has 3 rings (SSSR count). The Morgan fingerprint density at radius 3 is 2.31 bits per heavy atom. The van der Waals surface area contributed by atoms with E-state index in [-0.39, 0.29) is 0 Å². The second-order valence-corrected chi connectivity index (χ2v) is 6.14. The van der Waals surface area contributed by atoms with Crippen molar-refractivity contribution in [3.63, 3.8) is 0 Å². The Labute approximate surface area is 99.6 Å². The molecule has 0 radical (unpaired) electrons. The van der Waals surface area contributed by atoms with Crippen LogP contribution in [-0.2, 0) is 0 Å². The molecule has 2 saturated carbocycles. The summed E-state index contributed by atoms with van der Waals surface area (Å²) in [7, 11) is 0. The average Bonchev–Trinajstić information content (AvgIpc) is 3.17. The van der Waals surface area contributed by atoms with Crippen molar-refractivity contribution >= 4 is 0 Å². The van der Waals surface area contributed by atoms with E-state index in [1.165, 1.54) is 64.6 Å². The second-order valence-electron chi connectivity index (χ2n) is 6.14. The van der Waals surface area contributed by atoms with Gasteiger partial charge in [-0.15, -0.1) is 0 Å². The van der Waals surface area contributed by atoms with Gasteiger partial charge in [0.25, 0.3) is 0 Å². The Bertz CT molecular complexity index is 203. The third-order valence-electron chi connectivity index (χ3n) is 4.64. The van der Waals surface area contributed by atoms with Crippen LogP contribution in [0, 0.1) is 17.8 Å². The van der Waals surface area contributed by atoms with Crippen molar-refractivity contribution < 1.29 is 0 Å². The first kappa shape index (κ1) is 11.0. The molecule has 1 aliphatic heterocycles. The van der Waals surface area contributed by atoms with Crippen LogP contribution in [-0.4, -0.2) is 25.7 Å². The van der Waals surface area contributed by atoms with Crippen molar-refractivity contribution in [2.24, 2.45) is 17.8 Å². The summed E-state index contributed by atoms with van der Waals surface area (Å²) in [6.07, 6.45) is 10.3. The molecule has 3 aliphatic rings. The summed E-state index contributed by atoms with van der Waals surface area (Å²) in [4.78, 5) is 0. The highest BCUT2D eigenvalue weighted by atomic mass is 15.0. The summed E-state index contributed by atoms with van der Waals surface area (Å²) < 4.78 is 0. The fourth-order valence-electron chi connectivity index (χ4n) is 3.29. The minimum atomic E-state index is 0.757. The molecule has 1 atom stereocenters. The van der Waals surface area contributed by atoms with Gasteiger partial charge in [-0.2, -0.15) is 0 Å². The van der Waals surface area contributed by atoms with Crippen LogP contribution in [0.1, 0.15) is 44.9 Å². The van der Waals surface area contributed by atoms with E-state index in [4.69, 9.17) is 0 Å². The van der Waals surface area contributed by atoms with E-state index in [2.05, 4.69) is 10.6 Å². The van der Waals surface area contributed by atoms with Crippen molar-refractivity contribution in [1.29, 1.82) is 0 Å². The molecular formula is C14H26N2. The fourth-order valence-corrected chi connectivity index (χ4v) is 3.29. The van der Waals surface area contributed by atoms with Crippen LogP contribution in [0.3, 0.4) is 0 Å². The molecule has 16 heavy (non-hydrogen) atoms.